The molecule has 0 saturated carbocycles. The molecule has 1 unspecified atom stereocenters. The number of benzene rings is 1. The topological polar surface area (TPSA) is 27.0 Å². The van der Waals surface area contributed by atoms with E-state index in [9.17, 15) is 0 Å². The van der Waals surface area contributed by atoms with E-state index in [1.54, 1.807) is 0 Å². The van der Waals surface area contributed by atoms with Crippen LogP contribution in [0, 0.1) is 11.3 Å². The van der Waals surface area contributed by atoms with E-state index in [1.807, 2.05) is 7.05 Å². The number of rotatable bonds is 4. The van der Waals surface area contributed by atoms with E-state index < -0.39 is 0 Å². The zero-order valence-electron chi connectivity index (χ0n) is 9.70. The predicted octanol–water partition coefficient (Wildman–Crippen LogP) is 2.99. The highest BCUT2D eigenvalue weighted by Gasteiger charge is 2.08. The molecule has 0 heterocycles. The summed E-state index contributed by atoms with van der Waals surface area (Å²) in [6, 6.07) is 11.0. The van der Waals surface area contributed by atoms with Gasteiger partial charge in [-0.1, -0.05) is 19.1 Å². The fraction of sp³-hybridized carbons (Fsp3) is 0.462. The molecular weight excluding hydrogens is 184 g/mol. The largest absolute Gasteiger partial charge is 0.371 e. The first-order chi connectivity index (χ1) is 7.19. The van der Waals surface area contributed by atoms with Gasteiger partial charge >= 0.3 is 0 Å². The van der Waals surface area contributed by atoms with Crippen molar-refractivity contribution < 1.29 is 0 Å². The molecule has 0 radical (unpaired) electrons. The van der Waals surface area contributed by atoms with Gasteiger partial charge in [-0.05, 0) is 31.0 Å². The van der Waals surface area contributed by atoms with Crippen LogP contribution in [0.15, 0.2) is 24.3 Å². The maximum Gasteiger partial charge on any atom is 0.0643 e. The minimum atomic E-state index is 0.266. The van der Waals surface area contributed by atoms with Crippen LogP contribution in [0.25, 0.3) is 0 Å². The molecule has 2 heteroatoms. The lowest BCUT2D eigenvalue weighted by Gasteiger charge is -2.25. The summed E-state index contributed by atoms with van der Waals surface area (Å²) >= 11 is 0. The zero-order chi connectivity index (χ0) is 11.3. The predicted molar refractivity (Wildman–Crippen MR) is 63.9 cm³/mol. The van der Waals surface area contributed by atoms with Crippen molar-refractivity contribution in [2.24, 2.45) is 0 Å². The molecule has 0 aliphatic heterocycles. The molecule has 1 rings (SSSR count). The number of nitrogens with zero attached hydrogens (tertiary/aromatic N) is 2. The van der Waals surface area contributed by atoms with Gasteiger partial charge in [-0.3, -0.25) is 0 Å². The Morgan fingerprint density at radius 2 is 1.93 bits per heavy atom. The Balaban J connectivity index is 2.74. The average molecular weight is 202 g/mol. The fourth-order valence-corrected chi connectivity index (χ4v) is 1.49. The zero-order valence-corrected chi connectivity index (χ0v) is 9.70. The van der Waals surface area contributed by atoms with Crippen LogP contribution in [-0.4, -0.2) is 13.1 Å². The van der Waals surface area contributed by atoms with Crippen LogP contribution in [0.4, 0.5) is 5.69 Å². The Kier molecular flexibility index (Phi) is 4.17. The Morgan fingerprint density at radius 3 is 2.40 bits per heavy atom. The highest BCUT2D eigenvalue weighted by atomic mass is 15.1. The molecule has 0 saturated heterocycles. The molecule has 0 aliphatic rings. The molecular formula is C13H18N2. The SMILES string of the molecule is CCc1ccc(N(C)C(C)CC#N)cc1. The Hall–Kier alpha value is -1.49. The molecule has 1 aromatic carbocycles. The van der Waals surface area contributed by atoms with Gasteiger partial charge in [0.1, 0.15) is 0 Å². The second-order valence-corrected chi connectivity index (χ2v) is 3.84. The van der Waals surface area contributed by atoms with E-state index in [0.29, 0.717) is 6.42 Å². The number of aryl methyl sites for hydroxylation is 1. The quantitative estimate of drug-likeness (QED) is 0.750. The van der Waals surface area contributed by atoms with Gasteiger partial charge in [0.15, 0.2) is 0 Å². The molecule has 80 valence electrons. The highest BCUT2D eigenvalue weighted by molar-refractivity contribution is 5.47. The standard InChI is InChI=1S/C13H18N2/c1-4-12-5-7-13(8-6-12)15(3)11(2)9-10-14/h5-8,11H,4,9H2,1-3H3. The molecule has 0 bridgehead atoms. The Bertz CT molecular complexity index is 335. The summed E-state index contributed by atoms with van der Waals surface area (Å²) in [6.07, 6.45) is 1.63. The van der Waals surface area contributed by atoms with E-state index in [0.717, 1.165) is 6.42 Å². The van der Waals surface area contributed by atoms with Crippen LogP contribution in [0.3, 0.4) is 0 Å². The van der Waals surface area contributed by atoms with Gasteiger partial charge in [0.05, 0.1) is 12.5 Å². The number of hydrogen-bond donors (Lipinski definition) is 0. The second kappa shape index (κ2) is 5.41. The van der Waals surface area contributed by atoms with Crippen LogP contribution >= 0.6 is 0 Å². The highest BCUT2D eigenvalue weighted by Crippen LogP contribution is 2.17. The van der Waals surface area contributed by atoms with Gasteiger partial charge in [-0.15, -0.1) is 0 Å². The van der Waals surface area contributed by atoms with Crippen molar-refractivity contribution in [1.29, 1.82) is 5.26 Å². The van der Waals surface area contributed by atoms with Crippen LogP contribution in [0.1, 0.15) is 25.8 Å². The first-order valence-electron chi connectivity index (χ1n) is 5.37. The number of anilines is 1. The molecule has 0 spiro atoms. The van der Waals surface area contributed by atoms with Gasteiger partial charge in [0.25, 0.3) is 0 Å². The lowest BCUT2D eigenvalue weighted by Crippen LogP contribution is -2.28. The maximum absolute atomic E-state index is 8.64. The van der Waals surface area contributed by atoms with Crippen molar-refractivity contribution in [3.05, 3.63) is 29.8 Å². The van der Waals surface area contributed by atoms with Crippen LogP contribution < -0.4 is 4.90 Å². The summed E-state index contributed by atoms with van der Waals surface area (Å²) in [5.74, 6) is 0. The van der Waals surface area contributed by atoms with Gasteiger partial charge in [0.2, 0.25) is 0 Å². The molecule has 0 aliphatic carbocycles. The van der Waals surface area contributed by atoms with Gasteiger partial charge < -0.3 is 4.90 Å². The van der Waals surface area contributed by atoms with Gasteiger partial charge in [-0.2, -0.15) is 5.26 Å². The molecule has 0 fully saturated rings. The van der Waals surface area contributed by atoms with E-state index in [1.165, 1.54) is 11.3 Å². The van der Waals surface area contributed by atoms with Crippen molar-refractivity contribution in [3.63, 3.8) is 0 Å². The van der Waals surface area contributed by atoms with Crippen molar-refractivity contribution in [2.75, 3.05) is 11.9 Å². The van der Waals surface area contributed by atoms with Gasteiger partial charge in [-0.25, -0.2) is 0 Å². The monoisotopic (exact) mass is 202 g/mol. The first kappa shape index (κ1) is 11.6. The van der Waals surface area contributed by atoms with Crippen LogP contribution in [-0.2, 0) is 6.42 Å². The molecule has 0 aromatic heterocycles. The number of nitriles is 1. The first-order valence-corrected chi connectivity index (χ1v) is 5.37. The summed E-state index contributed by atoms with van der Waals surface area (Å²) in [7, 11) is 2.03. The van der Waals surface area contributed by atoms with E-state index in [-0.39, 0.29) is 6.04 Å². The molecule has 1 aromatic rings. The van der Waals surface area contributed by atoms with Gasteiger partial charge in [0, 0.05) is 18.8 Å². The smallest absolute Gasteiger partial charge is 0.0643 e. The third-order valence-corrected chi connectivity index (χ3v) is 2.80. The fourth-order valence-electron chi connectivity index (χ4n) is 1.49. The lowest BCUT2D eigenvalue weighted by atomic mass is 10.1. The minimum Gasteiger partial charge on any atom is -0.371 e. The average Bonchev–Trinajstić information content (AvgIpc) is 2.28. The summed E-state index contributed by atoms with van der Waals surface area (Å²) in [4.78, 5) is 2.14. The minimum absolute atomic E-state index is 0.266. The van der Waals surface area contributed by atoms with E-state index in [4.69, 9.17) is 5.26 Å². The summed E-state index contributed by atoms with van der Waals surface area (Å²) in [5.41, 5.74) is 2.52. The maximum atomic E-state index is 8.64. The third kappa shape index (κ3) is 2.99. The van der Waals surface area contributed by atoms with Crippen molar-refractivity contribution >= 4 is 5.69 Å². The third-order valence-electron chi connectivity index (χ3n) is 2.80. The summed E-state index contributed by atoms with van der Waals surface area (Å²) in [5, 5.41) is 8.64. The second-order valence-electron chi connectivity index (χ2n) is 3.84. The molecule has 1 atom stereocenters. The van der Waals surface area contributed by atoms with Crippen molar-refractivity contribution in [3.8, 4) is 6.07 Å². The van der Waals surface area contributed by atoms with Crippen molar-refractivity contribution in [1.82, 2.24) is 0 Å². The van der Waals surface area contributed by atoms with E-state index >= 15 is 0 Å². The molecule has 2 nitrogen and oxygen atoms in total. The summed E-state index contributed by atoms with van der Waals surface area (Å²) < 4.78 is 0. The molecule has 0 N–H and O–H groups in total. The number of hydrogen-bond acceptors (Lipinski definition) is 2. The normalized spacial score (nSPS) is 11.9. The molecule has 0 amide bonds. The summed E-state index contributed by atoms with van der Waals surface area (Å²) in [6.45, 7) is 4.22. The Morgan fingerprint density at radius 1 is 1.33 bits per heavy atom. The van der Waals surface area contributed by atoms with E-state index in [2.05, 4.69) is 49.1 Å². The Labute approximate surface area is 92.1 Å². The lowest BCUT2D eigenvalue weighted by molar-refractivity contribution is 0.702. The molecule has 15 heavy (non-hydrogen) atoms. The van der Waals surface area contributed by atoms with Crippen molar-refractivity contribution in [2.45, 2.75) is 32.7 Å². The van der Waals surface area contributed by atoms with Crippen LogP contribution in [0.5, 0.6) is 0 Å². The van der Waals surface area contributed by atoms with Crippen LogP contribution in [0.2, 0.25) is 0 Å².